The molecule has 29 heavy (non-hydrogen) atoms. The minimum atomic E-state index is -0.233. The van der Waals surface area contributed by atoms with Gasteiger partial charge in [0.1, 0.15) is 5.75 Å². The smallest absolute Gasteiger partial charge is 0.226 e. The summed E-state index contributed by atoms with van der Waals surface area (Å²) in [5, 5.41) is 0. The minimum Gasteiger partial charge on any atom is -0.494 e. The van der Waals surface area contributed by atoms with Crippen LogP contribution in [0, 0.1) is 5.92 Å². The molecule has 3 heterocycles. The second kappa shape index (κ2) is 7.48. The van der Waals surface area contributed by atoms with Gasteiger partial charge in [-0.2, -0.15) is 0 Å². The quantitative estimate of drug-likeness (QED) is 0.847. The number of para-hydroxylation sites is 1. The number of benzene rings is 1. The topological polar surface area (TPSA) is 61.5 Å². The van der Waals surface area contributed by atoms with E-state index in [0.29, 0.717) is 12.5 Å². The van der Waals surface area contributed by atoms with Crippen LogP contribution in [0.5, 0.6) is 5.75 Å². The number of likely N-dealkylation sites (tertiary alicyclic amines) is 1. The lowest BCUT2D eigenvalue weighted by molar-refractivity contribution is -0.143. The molecule has 1 spiro atoms. The summed E-state index contributed by atoms with van der Waals surface area (Å²) in [6, 6.07) is 8.32. The molecule has 3 aliphatic rings. The largest absolute Gasteiger partial charge is 0.494 e. The molecular formula is C23H30N4O2. The number of imidazole rings is 1. The van der Waals surface area contributed by atoms with E-state index in [0.717, 1.165) is 69.7 Å². The SMILES string of the molecule is CCOc1ccccc1CN1CCC2(CC1)c1nc[nH]c1CCN2C(=O)C1CC1. The van der Waals surface area contributed by atoms with E-state index in [1.807, 2.05) is 19.3 Å². The van der Waals surface area contributed by atoms with Gasteiger partial charge in [0.25, 0.3) is 0 Å². The monoisotopic (exact) mass is 394 g/mol. The number of nitrogens with zero attached hydrogens (tertiary/aromatic N) is 3. The number of nitrogens with one attached hydrogen (secondary N) is 1. The third-order valence-electron chi connectivity index (χ3n) is 6.80. The molecule has 6 nitrogen and oxygen atoms in total. The van der Waals surface area contributed by atoms with E-state index in [2.05, 4.69) is 33.0 Å². The van der Waals surface area contributed by atoms with E-state index in [-0.39, 0.29) is 11.5 Å². The first-order valence-electron chi connectivity index (χ1n) is 11.0. The number of piperidine rings is 1. The van der Waals surface area contributed by atoms with Crippen LogP contribution in [0.2, 0.25) is 0 Å². The zero-order valence-electron chi connectivity index (χ0n) is 17.2. The van der Waals surface area contributed by atoms with Gasteiger partial charge in [-0.15, -0.1) is 0 Å². The van der Waals surface area contributed by atoms with E-state index < -0.39 is 0 Å². The predicted molar refractivity (Wildman–Crippen MR) is 111 cm³/mol. The molecule has 2 aliphatic heterocycles. The third-order valence-corrected chi connectivity index (χ3v) is 6.80. The molecule has 1 aliphatic carbocycles. The highest BCUT2D eigenvalue weighted by Crippen LogP contribution is 2.45. The highest BCUT2D eigenvalue weighted by molar-refractivity contribution is 5.82. The van der Waals surface area contributed by atoms with Crippen molar-refractivity contribution >= 4 is 5.91 Å². The molecule has 5 rings (SSSR count). The Kier molecular flexibility index (Phi) is 4.82. The van der Waals surface area contributed by atoms with Gasteiger partial charge in [-0.1, -0.05) is 18.2 Å². The zero-order chi connectivity index (χ0) is 19.8. The van der Waals surface area contributed by atoms with Crippen LogP contribution >= 0.6 is 0 Å². The van der Waals surface area contributed by atoms with Gasteiger partial charge in [-0.3, -0.25) is 9.69 Å². The summed E-state index contributed by atoms with van der Waals surface area (Å²) in [6.45, 7) is 6.33. The number of aromatic nitrogens is 2. The Morgan fingerprint density at radius 1 is 1.24 bits per heavy atom. The zero-order valence-corrected chi connectivity index (χ0v) is 17.2. The lowest BCUT2D eigenvalue weighted by atomic mass is 9.78. The summed E-state index contributed by atoms with van der Waals surface area (Å²) in [7, 11) is 0. The van der Waals surface area contributed by atoms with Crippen molar-refractivity contribution in [3.05, 3.63) is 47.5 Å². The van der Waals surface area contributed by atoms with Crippen molar-refractivity contribution in [2.24, 2.45) is 5.92 Å². The van der Waals surface area contributed by atoms with Crippen LogP contribution in [0.4, 0.5) is 0 Å². The molecule has 1 aromatic carbocycles. The molecule has 0 unspecified atom stereocenters. The molecule has 1 aromatic heterocycles. The molecule has 1 amide bonds. The van der Waals surface area contributed by atoms with Crippen molar-refractivity contribution in [2.45, 2.75) is 51.1 Å². The maximum Gasteiger partial charge on any atom is 0.226 e. The number of carbonyl (C=O) groups excluding carboxylic acids is 1. The number of carbonyl (C=O) groups is 1. The van der Waals surface area contributed by atoms with Gasteiger partial charge in [-0.25, -0.2) is 4.98 Å². The second-order valence-corrected chi connectivity index (χ2v) is 8.59. The summed E-state index contributed by atoms with van der Waals surface area (Å²) in [5.41, 5.74) is 3.34. The molecular weight excluding hydrogens is 364 g/mol. The predicted octanol–water partition coefficient (Wildman–Crippen LogP) is 3.09. The van der Waals surface area contributed by atoms with Gasteiger partial charge >= 0.3 is 0 Å². The van der Waals surface area contributed by atoms with Crippen molar-refractivity contribution in [2.75, 3.05) is 26.2 Å². The van der Waals surface area contributed by atoms with E-state index in [4.69, 9.17) is 9.72 Å². The number of ether oxygens (including phenoxy) is 1. The average molecular weight is 395 g/mol. The Labute approximate surface area is 172 Å². The highest BCUT2D eigenvalue weighted by atomic mass is 16.5. The van der Waals surface area contributed by atoms with Gasteiger partial charge in [0, 0.05) is 49.8 Å². The summed E-state index contributed by atoms with van der Waals surface area (Å²) in [4.78, 5) is 25.8. The minimum absolute atomic E-state index is 0.233. The van der Waals surface area contributed by atoms with Crippen LogP contribution in [0.1, 0.15) is 49.6 Å². The van der Waals surface area contributed by atoms with Gasteiger partial charge in [0.05, 0.1) is 24.2 Å². The maximum absolute atomic E-state index is 13.1. The van der Waals surface area contributed by atoms with Crippen molar-refractivity contribution in [3.63, 3.8) is 0 Å². The number of aromatic amines is 1. The van der Waals surface area contributed by atoms with Crippen LogP contribution < -0.4 is 4.74 Å². The number of hydrogen-bond acceptors (Lipinski definition) is 4. The van der Waals surface area contributed by atoms with E-state index in [1.165, 1.54) is 11.3 Å². The van der Waals surface area contributed by atoms with Crippen molar-refractivity contribution in [1.29, 1.82) is 0 Å². The number of hydrogen-bond donors (Lipinski definition) is 1. The second-order valence-electron chi connectivity index (χ2n) is 8.59. The van der Waals surface area contributed by atoms with E-state index in [1.54, 1.807) is 0 Å². The van der Waals surface area contributed by atoms with Gasteiger partial charge < -0.3 is 14.6 Å². The first-order valence-corrected chi connectivity index (χ1v) is 11.0. The Morgan fingerprint density at radius 2 is 2.03 bits per heavy atom. The number of amides is 1. The average Bonchev–Trinajstić information content (AvgIpc) is 3.48. The maximum atomic E-state index is 13.1. The van der Waals surface area contributed by atoms with Crippen LogP contribution in [-0.4, -0.2) is 51.9 Å². The summed E-state index contributed by atoms with van der Waals surface area (Å²) in [5.74, 6) is 1.59. The molecule has 1 N–H and O–H groups in total. The molecule has 154 valence electrons. The Hall–Kier alpha value is -2.34. The summed E-state index contributed by atoms with van der Waals surface area (Å²) >= 11 is 0. The van der Waals surface area contributed by atoms with Crippen molar-refractivity contribution in [3.8, 4) is 5.75 Å². The number of rotatable bonds is 5. The number of fused-ring (bicyclic) bond motifs is 2. The first kappa shape index (κ1) is 18.7. The fourth-order valence-corrected chi connectivity index (χ4v) is 5.11. The van der Waals surface area contributed by atoms with Crippen molar-refractivity contribution in [1.82, 2.24) is 19.8 Å². The van der Waals surface area contributed by atoms with Crippen LogP contribution in [0.3, 0.4) is 0 Å². The Morgan fingerprint density at radius 3 is 2.79 bits per heavy atom. The molecule has 1 saturated heterocycles. The molecule has 0 radical (unpaired) electrons. The van der Waals surface area contributed by atoms with E-state index >= 15 is 0 Å². The van der Waals surface area contributed by atoms with Crippen LogP contribution in [-0.2, 0) is 23.3 Å². The van der Waals surface area contributed by atoms with Gasteiger partial charge in [-0.05, 0) is 38.7 Å². The fraction of sp³-hybridized carbons (Fsp3) is 0.565. The highest BCUT2D eigenvalue weighted by Gasteiger charge is 2.50. The molecule has 0 atom stereocenters. The van der Waals surface area contributed by atoms with Gasteiger partial charge in [0.2, 0.25) is 5.91 Å². The third kappa shape index (κ3) is 3.33. The normalized spacial score (nSPS) is 21.2. The lowest BCUT2D eigenvalue weighted by Crippen LogP contribution is -2.58. The van der Waals surface area contributed by atoms with Crippen molar-refractivity contribution < 1.29 is 9.53 Å². The molecule has 0 bridgehead atoms. The van der Waals surface area contributed by atoms with Gasteiger partial charge in [0.15, 0.2) is 0 Å². The summed E-state index contributed by atoms with van der Waals surface area (Å²) in [6.07, 6.45) is 6.70. The lowest BCUT2D eigenvalue weighted by Gasteiger charge is -2.50. The van der Waals surface area contributed by atoms with Crippen LogP contribution in [0.15, 0.2) is 30.6 Å². The van der Waals surface area contributed by atoms with E-state index in [9.17, 15) is 4.79 Å². The Bertz CT molecular complexity index is 881. The van der Waals surface area contributed by atoms with Crippen LogP contribution in [0.25, 0.3) is 0 Å². The first-order chi connectivity index (χ1) is 14.2. The standard InChI is InChI=1S/C23H30N4O2/c1-2-29-20-6-4-3-5-18(20)15-26-13-10-23(11-14-26)21-19(24-16-25-21)9-12-27(23)22(28)17-7-8-17/h3-6,16-17H,2,7-15H2,1H3,(H,24,25). The summed E-state index contributed by atoms with van der Waals surface area (Å²) < 4.78 is 5.81. The molecule has 1 saturated carbocycles. The molecule has 2 fully saturated rings. The fourth-order valence-electron chi connectivity index (χ4n) is 5.11. The number of H-pyrrole nitrogens is 1. The molecule has 2 aromatic rings. The molecule has 6 heteroatoms. The Balaban J connectivity index is 1.35.